The van der Waals surface area contributed by atoms with E-state index < -0.39 is 0 Å². The summed E-state index contributed by atoms with van der Waals surface area (Å²) in [6.45, 7) is 5.57. The molecule has 2 atom stereocenters. The van der Waals surface area contributed by atoms with Crippen LogP contribution in [-0.2, 0) is 9.53 Å². The van der Waals surface area contributed by atoms with E-state index in [4.69, 9.17) is 9.72 Å². The highest BCUT2D eigenvalue weighted by Gasteiger charge is 2.27. The summed E-state index contributed by atoms with van der Waals surface area (Å²) in [5.74, 6) is 2.73. The van der Waals surface area contributed by atoms with Crippen LogP contribution in [0.2, 0.25) is 0 Å². The van der Waals surface area contributed by atoms with Gasteiger partial charge in [0.15, 0.2) is 0 Å². The summed E-state index contributed by atoms with van der Waals surface area (Å²) < 4.78 is 6.86. The van der Waals surface area contributed by atoms with Crippen LogP contribution in [-0.4, -0.2) is 67.8 Å². The number of aromatic nitrogens is 1. The SMILES string of the molecule is CO[C@@H]1CCC[C@@H](CC(=O)NC2CCC(CCN3CCN(c4nccc5sccc45)CC3)CC2)C1. The van der Waals surface area contributed by atoms with Crippen LogP contribution in [0.15, 0.2) is 23.7 Å². The fraction of sp³-hybridized carbons (Fsp3) is 0.714. The number of amides is 1. The first kappa shape index (κ1) is 25.0. The van der Waals surface area contributed by atoms with Crippen molar-refractivity contribution in [1.29, 1.82) is 0 Å². The number of hydrogen-bond donors (Lipinski definition) is 1. The summed E-state index contributed by atoms with van der Waals surface area (Å²) in [5.41, 5.74) is 0. The van der Waals surface area contributed by atoms with Gasteiger partial charge in [0.05, 0.1) is 6.10 Å². The summed E-state index contributed by atoms with van der Waals surface area (Å²) in [4.78, 5) is 22.4. The summed E-state index contributed by atoms with van der Waals surface area (Å²) in [6.07, 6.45) is 13.6. The van der Waals surface area contributed by atoms with Crippen molar-refractivity contribution in [3.05, 3.63) is 23.7 Å². The highest BCUT2D eigenvalue weighted by molar-refractivity contribution is 7.17. The van der Waals surface area contributed by atoms with Crippen molar-refractivity contribution >= 4 is 33.1 Å². The van der Waals surface area contributed by atoms with E-state index in [1.807, 2.05) is 6.20 Å². The Morgan fingerprint density at radius 1 is 1.09 bits per heavy atom. The normalized spacial score (nSPS) is 28.3. The zero-order valence-electron chi connectivity index (χ0n) is 21.3. The Labute approximate surface area is 214 Å². The minimum atomic E-state index is 0.265. The van der Waals surface area contributed by atoms with Crippen molar-refractivity contribution in [3.8, 4) is 0 Å². The predicted octanol–water partition coefficient (Wildman–Crippen LogP) is 5.08. The molecule has 3 aliphatic rings. The van der Waals surface area contributed by atoms with Crippen LogP contribution in [0.4, 0.5) is 5.82 Å². The highest BCUT2D eigenvalue weighted by Crippen LogP contribution is 2.31. The van der Waals surface area contributed by atoms with Crippen LogP contribution in [0.3, 0.4) is 0 Å². The number of nitrogens with zero attached hydrogens (tertiary/aromatic N) is 3. The second kappa shape index (κ2) is 12.0. The molecule has 2 aromatic heterocycles. The number of hydrogen-bond acceptors (Lipinski definition) is 6. The monoisotopic (exact) mass is 498 g/mol. The van der Waals surface area contributed by atoms with E-state index in [1.165, 1.54) is 48.7 Å². The number of carbonyl (C=O) groups is 1. The fourth-order valence-electron chi connectivity index (χ4n) is 6.47. The van der Waals surface area contributed by atoms with Crippen LogP contribution in [0.25, 0.3) is 10.1 Å². The van der Waals surface area contributed by atoms with E-state index in [-0.39, 0.29) is 5.91 Å². The lowest BCUT2D eigenvalue weighted by atomic mass is 9.83. The largest absolute Gasteiger partial charge is 0.381 e. The number of ether oxygens (including phenoxy) is 1. The minimum absolute atomic E-state index is 0.265. The summed E-state index contributed by atoms with van der Waals surface area (Å²) in [7, 11) is 1.80. The summed E-state index contributed by atoms with van der Waals surface area (Å²) >= 11 is 1.80. The average Bonchev–Trinajstić information content (AvgIpc) is 3.38. The van der Waals surface area contributed by atoms with Gasteiger partial charge in [-0.05, 0) is 87.3 Å². The molecule has 2 saturated carbocycles. The summed E-state index contributed by atoms with van der Waals surface area (Å²) in [5, 5.41) is 6.82. The van der Waals surface area contributed by atoms with Gasteiger partial charge in [0, 0.05) is 62.0 Å². The zero-order valence-corrected chi connectivity index (χ0v) is 22.1. The van der Waals surface area contributed by atoms with Gasteiger partial charge in [-0.1, -0.05) is 6.42 Å². The maximum atomic E-state index is 12.6. The van der Waals surface area contributed by atoms with Gasteiger partial charge < -0.3 is 15.0 Å². The molecule has 35 heavy (non-hydrogen) atoms. The second-order valence-corrected chi connectivity index (χ2v) is 11.9. The maximum Gasteiger partial charge on any atom is 0.220 e. The lowest BCUT2D eigenvalue weighted by Crippen LogP contribution is -2.47. The number of rotatable bonds is 8. The molecule has 5 rings (SSSR count). The highest BCUT2D eigenvalue weighted by atomic mass is 32.1. The van der Waals surface area contributed by atoms with E-state index in [2.05, 4.69) is 32.6 Å². The van der Waals surface area contributed by atoms with E-state index in [1.54, 1.807) is 18.4 Å². The second-order valence-electron chi connectivity index (χ2n) is 11.0. The fourth-order valence-corrected chi connectivity index (χ4v) is 7.24. The molecule has 6 nitrogen and oxygen atoms in total. The molecule has 192 valence electrons. The predicted molar refractivity (Wildman–Crippen MR) is 144 cm³/mol. The Kier molecular flexibility index (Phi) is 8.58. The molecule has 0 radical (unpaired) electrons. The Hall–Kier alpha value is -1.70. The standard InChI is InChI=1S/C28H42N4O2S/c1-34-24-4-2-3-22(19-24)20-27(33)30-23-7-5-21(6-8-23)10-13-31-14-16-32(17-15-31)28-25-11-18-35-26(25)9-12-29-28/h9,11-12,18,21-24H,2-8,10,13-17,19-20H2,1H3,(H,30,33)/t21?,22-,23?,24-/m1/s1. The molecule has 2 aliphatic carbocycles. The molecular formula is C28H42N4O2S. The smallest absolute Gasteiger partial charge is 0.220 e. The van der Waals surface area contributed by atoms with Crippen LogP contribution in [0.5, 0.6) is 0 Å². The van der Waals surface area contributed by atoms with Gasteiger partial charge >= 0.3 is 0 Å². The Bertz CT molecular complexity index is 949. The number of piperazine rings is 1. The van der Waals surface area contributed by atoms with Gasteiger partial charge in [-0.25, -0.2) is 4.98 Å². The molecule has 7 heteroatoms. The van der Waals surface area contributed by atoms with E-state index in [0.29, 0.717) is 24.5 Å². The summed E-state index contributed by atoms with van der Waals surface area (Å²) in [6, 6.07) is 4.71. The molecule has 1 N–H and O–H groups in total. The molecule has 1 saturated heterocycles. The van der Waals surface area contributed by atoms with Crippen molar-refractivity contribution in [1.82, 2.24) is 15.2 Å². The van der Waals surface area contributed by atoms with Crippen molar-refractivity contribution in [2.24, 2.45) is 11.8 Å². The van der Waals surface area contributed by atoms with Gasteiger partial charge in [0.2, 0.25) is 5.91 Å². The molecule has 0 aromatic carbocycles. The van der Waals surface area contributed by atoms with Gasteiger partial charge in [-0.15, -0.1) is 11.3 Å². The van der Waals surface area contributed by atoms with Crippen molar-refractivity contribution in [2.75, 3.05) is 44.7 Å². The van der Waals surface area contributed by atoms with Crippen LogP contribution >= 0.6 is 11.3 Å². The number of pyridine rings is 1. The average molecular weight is 499 g/mol. The van der Waals surface area contributed by atoms with Gasteiger partial charge in [-0.3, -0.25) is 9.69 Å². The zero-order chi connectivity index (χ0) is 24.0. The number of nitrogens with one attached hydrogen (secondary N) is 1. The topological polar surface area (TPSA) is 57.7 Å². The third-order valence-corrected chi connectivity index (χ3v) is 9.52. The van der Waals surface area contributed by atoms with Crippen molar-refractivity contribution in [2.45, 2.75) is 76.4 Å². The van der Waals surface area contributed by atoms with Gasteiger partial charge in [0.1, 0.15) is 5.82 Å². The number of methoxy groups -OCH3 is 1. The molecule has 3 heterocycles. The third kappa shape index (κ3) is 6.55. The lowest BCUT2D eigenvalue weighted by Gasteiger charge is -2.37. The van der Waals surface area contributed by atoms with Crippen LogP contribution in [0, 0.1) is 11.8 Å². The molecule has 3 fully saturated rings. The Balaban J connectivity index is 0.980. The number of thiophene rings is 1. The molecule has 1 amide bonds. The van der Waals surface area contributed by atoms with Crippen LogP contribution in [0.1, 0.15) is 64.2 Å². The lowest BCUT2D eigenvalue weighted by molar-refractivity contribution is -0.123. The first-order chi connectivity index (χ1) is 17.2. The maximum absolute atomic E-state index is 12.6. The molecule has 1 aliphatic heterocycles. The van der Waals surface area contributed by atoms with E-state index in [0.717, 1.165) is 63.6 Å². The minimum Gasteiger partial charge on any atom is -0.381 e. The molecular weight excluding hydrogens is 456 g/mol. The van der Waals surface area contributed by atoms with Gasteiger partial charge in [0.25, 0.3) is 0 Å². The first-order valence-corrected chi connectivity index (χ1v) is 14.7. The number of carbonyl (C=O) groups excluding carboxylic acids is 1. The molecule has 0 spiro atoms. The molecule has 0 bridgehead atoms. The first-order valence-electron chi connectivity index (χ1n) is 13.8. The molecule has 0 unspecified atom stereocenters. The number of fused-ring (bicyclic) bond motifs is 1. The van der Waals surface area contributed by atoms with E-state index in [9.17, 15) is 4.79 Å². The number of anilines is 1. The Morgan fingerprint density at radius 2 is 1.91 bits per heavy atom. The van der Waals surface area contributed by atoms with Crippen LogP contribution < -0.4 is 10.2 Å². The van der Waals surface area contributed by atoms with Gasteiger partial charge in [-0.2, -0.15) is 0 Å². The van der Waals surface area contributed by atoms with Crippen molar-refractivity contribution in [3.63, 3.8) is 0 Å². The Morgan fingerprint density at radius 3 is 2.71 bits per heavy atom. The van der Waals surface area contributed by atoms with E-state index >= 15 is 0 Å². The molecule has 2 aromatic rings. The third-order valence-electron chi connectivity index (χ3n) is 8.64. The quantitative estimate of drug-likeness (QED) is 0.550. The van der Waals surface area contributed by atoms with Crippen molar-refractivity contribution < 1.29 is 9.53 Å².